The van der Waals surface area contributed by atoms with Crippen molar-refractivity contribution in [2.24, 2.45) is 5.92 Å². The van der Waals surface area contributed by atoms with Crippen molar-refractivity contribution >= 4 is 5.97 Å². The Morgan fingerprint density at radius 3 is 2.73 bits per heavy atom. The van der Waals surface area contributed by atoms with Gasteiger partial charge in [0.15, 0.2) is 0 Å². The number of rotatable bonds is 5. The molecule has 4 nitrogen and oxygen atoms in total. The van der Waals surface area contributed by atoms with E-state index in [1.54, 1.807) is 6.92 Å². The number of carboxylic acid groups (broad SMARTS) is 1. The number of hydrogen-bond acceptors (Lipinski definition) is 3. The van der Waals surface area contributed by atoms with Crippen molar-refractivity contribution in [2.75, 3.05) is 13.2 Å². The lowest BCUT2D eigenvalue weighted by atomic mass is 9.95. The van der Waals surface area contributed by atoms with Crippen molar-refractivity contribution in [3.05, 3.63) is 0 Å². The van der Waals surface area contributed by atoms with Crippen LogP contribution in [0.5, 0.6) is 0 Å². The average Bonchev–Trinajstić information content (AvgIpc) is 2.93. The SMILES string of the molecule is CC(NCC1CCCO1)(C(=O)O)C1CC1. The molecule has 0 spiro atoms. The molecule has 0 aromatic carbocycles. The standard InChI is InChI=1S/C11H19NO3/c1-11(10(13)14,8-4-5-8)12-7-9-3-2-6-15-9/h8-9,12H,2-7H2,1H3,(H,13,14). The monoisotopic (exact) mass is 213 g/mol. The topological polar surface area (TPSA) is 58.6 Å². The summed E-state index contributed by atoms with van der Waals surface area (Å²) in [5.41, 5.74) is -0.744. The minimum atomic E-state index is -0.744. The zero-order valence-electron chi connectivity index (χ0n) is 9.16. The van der Waals surface area contributed by atoms with Crippen LogP contribution >= 0.6 is 0 Å². The van der Waals surface area contributed by atoms with Crippen LogP contribution in [-0.2, 0) is 9.53 Å². The Balaban J connectivity index is 1.86. The highest BCUT2D eigenvalue weighted by molar-refractivity contribution is 5.79. The molecule has 0 aromatic rings. The van der Waals surface area contributed by atoms with Crippen molar-refractivity contribution in [1.82, 2.24) is 5.32 Å². The number of nitrogens with one attached hydrogen (secondary N) is 1. The number of carboxylic acids is 1. The van der Waals surface area contributed by atoms with E-state index >= 15 is 0 Å². The second-order valence-corrected chi connectivity index (χ2v) is 4.80. The Morgan fingerprint density at radius 2 is 2.27 bits per heavy atom. The summed E-state index contributed by atoms with van der Waals surface area (Å²) in [5, 5.41) is 12.4. The van der Waals surface area contributed by atoms with Crippen molar-refractivity contribution in [3.63, 3.8) is 0 Å². The highest BCUT2D eigenvalue weighted by Gasteiger charge is 2.47. The van der Waals surface area contributed by atoms with Gasteiger partial charge in [-0.25, -0.2) is 0 Å². The van der Waals surface area contributed by atoms with Crippen LogP contribution in [0.25, 0.3) is 0 Å². The Labute approximate surface area is 90.0 Å². The highest BCUT2D eigenvalue weighted by Crippen LogP contribution is 2.39. The summed E-state index contributed by atoms with van der Waals surface area (Å²) in [5.74, 6) is -0.431. The van der Waals surface area contributed by atoms with Gasteiger partial charge >= 0.3 is 5.97 Å². The Morgan fingerprint density at radius 1 is 1.53 bits per heavy atom. The summed E-state index contributed by atoms with van der Waals surface area (Å²) < 4.78 is 5.47. The molecule has 0 amide bonds. The lowest BCUT2D eigenvalue weighted by Crippen LogP contribution is -2.53. The molecule has 2 rings (SSSR count). The smallest absolute Gasteiger partial charge is 0.323 e. The lowest BCUT2D eigenvalue weighted by molar-refractivity contribution is -0.145. The van der Waals surface area contributed by atoms with Gasteiger partial charge in [-0.05, 0) is 38.5 Å². The quantitative estimate of drug-likeness (QED) is 0.715. The van der Waals surface area contributed by atoms with E-state index in [-0.39, 0.29) is 6.10 Å². The molecule has 0 aromatic heterocycles. The fraction of sp³-hybridized carbons (Fsp3) is 0.909. The second kappa shape index (κ2) is 4.10. The zero-order valence-corrected chi connectivity index (χ0v) is 9.16. The minimum Gasteiger partial charge on any atom is -0.480 e. The summed E-state index contributed by atoms with van der Waals surface area (Å²) >= 11 is 0. The maximum atomic E-state index is 11.2. The van der Waals surface area contributed by atoms with Gasteiger partial charge in [0.25, 0.3) is 0 Å². The molecule has 2 N–H and O–H groups in total. The van der Waals surface area contributed by atoms with Crippen LogP contribution in [0.2, 0.25) is 0 Å². The van der Waals surface area contributed by atoms with Gasteiger partial charge in [-0.1, -0.05) is 0 Å². The second-order valence-electron chi connectivity index (χ2n) is 4.80. The number of carbonyl (C=O) groups is 1. The average molecular weight is 213 g/mol. The molecule has 4 heteroatoms. The number of ether oxygens (including phenoxy) is 1. The third-order valence-electron chi connectivity index (χ3n) is 3.56. The first-order valence-electron chi connectivity index (χ1n) is 5.73. The van der Waals surface area contributed by atoms with Crippen LogP contribution in [0.4, 0.5) is 0 Å². The highest BCUT2D eigenvalue weighted by atomic mass is 16.5. The minimum absolute atomic E-state index is 0.211. The van der Waals surface area contributed by atoms with Gasteiger partial charge < -0.3 is 9.84 Å². The van der Waals surface area contributed by atoms with E-state index in [0.29, 0.717) is 12.5 Å². The molecule has 2 aliphatic rings. The van der Waals surface area contributed by atoms with Crippen LogP contribution in [-0.4, -0.2) is 35.9 Å². The predicted octanol–water partition coefficient (Wildman–Crippen LogP) is 1.01. The number of hydrogen-bond donors (Lipinski definition) is 2. The number of aliphatic carboxylic acids is 1. The van der Waals surface area contributed by atoms with Crippen LogP contribution < -0.4 is 5.32 Å². The normalized spacial score (nSPS) is 30.1. The first-order valence-corrected chi connectivity index (χ1v) is 5.73. The molecular formula is C11H19NO3. The van der Waals surface area contributed by atoms with E-state index in [9.17, 15) is 9.90 Å². The summed E-state index contributed by atoms with van der Waals surface area (Å²) in [4.78, 5) is 11.2. The fourth-order valence-corrected chi connectivity index (χ4v) is 2.19. The third-order valence-corrected chi connectivity index (χ3v) is 3.56. The van der Waals surface area contributed by atoms with Crippen molar-refractivity contribution in [3.8, 4) is 0 Å². The molecule has 0 bridgehead atoms. The molecule has 1 aliphatic heterocycles. The van der Waals surface area contributed by atoms with Gasteiger partial charge in [0.1, 0.15) is 5.54 Å². The van der Waals surface area contributed by atoms with E-state index in [4.69, 9.17) is 4.74 Å². The fourth-order valence-electron chi connectivity index (χ4n) is 2.19. The first-order chi connectivity index (χ1) is 7.13. The largest absolute Gasteiger partial charge is 0.480 e. The molecule has 2 unspecified atom stereocenters. The van der Waals surface area contributed by atoms with Gasteiger partial charge in [0.2, 0.25) is 0 Å². The van der Waals surface area contributed by atoms with E-state index < -0.39 is 11.5 Å². The van der Waals surface area contributed by atoms with Crippen molar-refractivity contribution in [1.29, 1.82) is 0 Å². The van der Waals surface area contributed by atoms with Crippen molar-refractivity contribution < 1.29 is 14.6 Å². The molecule has 1 saturated carbocycles. The summed E-state index contributed by atoms with van der Waals surface area (Å²) in [6, 6.07) is 0. The van der Waals surface area contributed by atoms with Gasteiger partial charge in [0, 0.05) is 13.2 Å². The van der Waals surface area contributed by atoms with E-state index in [1.807, 2.05) is 0 Å². The molecule has 2 atom stereocenters. The van der Waals surface area contributed by atoms with Gasteiger partial charge in [-0.15, -0.1) is 0 Å². The maximum absolute atomic E-state index is 11.2. The molecule has 1 aliphatic carbocycles. The zero-order chi connectivity index (χ0) is 10.9. The summed E-state index contributed by atoms with van der Waals surface area (Å²) in [7, 11) is 0. The van der Waals surface area contributed by atoms with E-state index in [0.717, 1.165) is 32.3 Å². The third kappa shape index (κ3) is 2.32. The molecule has 15 heavy (non-hydrogen) atoms. The van der Waals surface area contributed by atoms with Gasteiger partial charge in [-0.3, -0.25) is 10.1 Å². The first kappa shape index (κ1) is 10.9. The summed E-state index contributed by atoms with van der Waals surface area (Å²) in [6.45, 7) is 3.28. The van der Waals surface area contributed by atoms with Crippen LogP contribution in [0.3, 0.4) is 0 Å². The van der Waals surface area contributed by atoms with Gasteiger partial charge in [0.05, 0.1) is 6.10 Å². The molecule has 0 radical (unpaired) electrons. The molecular weight excluding hydrogens is 194 g/mol. The van der Waals surface area contributed by atoms with Crippen molar-refractivity contribution in [2.45, 2.75) is 44.2 Å². The molecule has 86 valence electrons. The van der Waals surface area contributed by atoms with Crippen LogP contribution in [0.15, 0.2) is 0 Å². The molecule has 1 heterocycles. The van der Waals surface area contributed by atoms with Crippen LogP contribution in [0.1, 0.15) is 32.6 Å². The maximum Gasteiger partial charge on any atom is 0.323 e. The van der Waals surface area contributed by atoms with E-state index in [1.165, 1.54) is 0 Å². The molecule has 1 saturated heterocycles. The Hall–Kier alpha value is -0.610. The van der Waals surface area contributed by atoms with Gasteiger partial charge in [-0.2, -0.15) is 0 Å². The Bertz CT molecular complexity index is 246. The van der Waals surface area contributed by atoms with E-state index in [2.05, 4.69) is 5.32 Å². The summed E-state index contributed by atoms with van der Waals surface area (Å²) in [6.07, 6.45) is 4.41. The molecule has 2 fully saturated rings. The van der Waals surface area contributed by atoms with Crippen LogP contribution in [0, 0.1) is 5.92 Å². The lowest BCUT2D eigenvalue weighted by Gasteiger charge is -2.27. The Kier molecular flexibility index (Phi) is 2.98. The predicted molar refractivity (Wildman–Crippen MR) is 55.7 cm³/mol.